The van der Waals surface area contributed by atoms with Crippen LogP contribution < -0.4 is 10.6 Å². The van der Waals surface area contributed by atoms with Gasteiger partial charge in [0.2, 0.25) is 5.91 Å². The molecule has 0 aromatic heterocycles. The maximum absolute atomic E-state index is 11.6. The summed E-state index contributed by atoms with van der Waals surface area (Å²) in [6, 6.07) is 20.7. The molecule has 0 saturated carbocycles. The van der Waals surface area contributed by atoms with E-state index in [0.717, 1.165) is 17.3 Å². The number of benzene rings is 3. The number of hydrogen-bond acceptors (Lipinski definition) is 7. The number of anilines is 2. The quantitative estimate of drug-likeness (QED) is 0.301. The molecule has 3 rings (SSSR count). The van der Waals surface area contributed by atoms with E-state index in [-0.39, 0.29) is 22.8 Å². The molecule has 0 fully saturated rings. The van der Waals surface area contributed by atoms with E-state index in [0.29, 0.717) is 17.9 Å². The molecule has 0 heterocycles. The van der Waals surface area contributed by atoms with Gasteiger partial charge >= 0.3 is 0 Å². The molecule has 2 N–H and O–H groups in total. The zero-order valence-corrected chi connectivity index (χ0v) is 16.6. The van der Waals surface area contributed by atoms with Crippen molar-refractivity contribution < 1.29 is 9.72 Å². The summed E-state index contributed by atoms with van der Waals surface area (Å²) in [5, 5.41) is 34.3. The molecule has 154 valence electrons. The molecule has 0 aliphatic heterocycles. The average Bonchev–Trinajstić information content (AvgIpc) is 2.77. The Balaban J connectivity index is 1.85. The molecule has 31 heavy (non-hydrogen) atoms. The van der Waals surface area contributed by atoms with Crippen LogP contribution in [0.1, 0.15) is 18.1 Å². The topological polar surface area (TPSA) is 133 Å². The van der Waals surface area contributed by atoms with E-state index in [4.69, 9.17) is 0 Å². The Kier molecular flexibility index (Phi) is 6.65. The van der Waals surface area contributed by atoms with Gasteiger partial charge in [-0.15, -0.1) is 10.2 Å². The Hall–Kier alpha value is -4.58. The minimum atomic E-state index is -0.585. The van der Waals surface area contributed by atoms with Crippen LogP contribution in [0.4, 0.5) is 28.4 Å². The highest BCUT2D eigenvalue weighted by atomic mass is 16.6. The monoisotopic (exact) mass is 414 g/mol. The third-order valence-electron chi connectivity index (χ3n) is 4.22. The van der Waals surface area contributed by atoms with Crippen LogP contribution in [0.2, 0.25) is 0 Å². The first-order chi connectivity index (χ1) is 15.0. The van der Waals surface area contributed by atoms with Gasteiger partial charge in [0.1, 0.15) is 17.4 Å². The second-order valence-corrected chi connectivity index (χ2v) is 6.52. The van der Waals surface area contributed by atoms with E-state index in [1.165, 1.54) is 19.1 Å². The lowest BCUT2D eigenvalue weighted by molar-refractivity contribution is -0.384. The van der Waals surface area contributed by atoms with Crippen LogP contribution in [0.5, 0.6) is 0 Å². The molecule has 9 heteroatoms. The molecular weight excluding hydrogens is 396 g/mol. The predicted octanol–water partition coefficient (Wildman–Crippen LogP) is 5.45. The van der Waals surface area contributed by atoms with Crippen LogP contribution in [0, 0.1) is 21.4 Å². The molecule has 0 unspecified atom stereocenters. The van der Waals surface area contributed by atoms with Gasteiger partial charge in [0.05, 0.1) is 16.2 Å². The number of non-ortho nitro benzene ring substituents is 1. The molecule has 0 aliphatic carbocycles. The van der Waals surface area contributed by atoms with Crippen LogP contribution in [0.25, 0.3) is 0 Å². The Morgan fingerprint density at radius 3 is 2.45 bits per heavy atom. The van der Waals surface area contributed by atoms with Crippen molar-refractivity contribution in [1.29, 1.82) is 5.26 Å². The second kappa shape index (κ2) is 9.76. The average molecular weight is 414 g/mol. The van der Waals surface area contributed by atoms with Gasteiger partial charge in [0.25, 0.3) is 5.69 Å². The molecular formula is C22H18N6O3. The summed E-state index contributed by atoms with van der Waals surface area (Å²) in [4.78, 5) is 21.9. The molecule has 3 aromatic rings. The normalized spacial score (nSPS) is 10.5. The van der Waals surface area contributed by atoms with Crippen LogP contribution in [0.3, 0.4) is 0 Å². The van der Waals surface area contributed by atoms with Crippen molar-refractivity contribution in [3.63, 3.8) is 0 Å². The van der Waals surface area contributed by atoms with Crippen LogP contribution in [0.15, 0.2) is 77.0 Å². The fourth-order valence-corrected chi connectivity index (χ4v) is 2.75. The van der Waals surface area contributed by atoms with Gasteiger partial charge in [-0.25, -0.2) is 0 Å². The summed E-state index contributed by atoms with van der Waals surface area (Å²) in [5.74, 6) is -0.273. The first kappa shape index (κ1) is 21.1. The summed E-state index contributed by atoms with van der Waals surface area (Å²) >= 11 is 0. The Morgan fingerprint density at radius 1 is 1.06 bits per heavy atom. The molecule has 9 nitrogen and oxygen atoms in total. The zero-order chi connectivity index (χ0) is 22.2. The summed E-state index contributed by atoms with van der Waals surface area (Å²) in [7, 11) is 0. The number of nitro groups is 1. The number of nitro benzene ring substituents is 1. The van der Waals surface area contributed by atoms with Crippen molar-refractivity contribution in [2.45, 2.75) is 13.5 Å². The molecule has 0 atom stereocenters. The SMILES string of the molecule is CC(=O)Nc1cc(NCc2ccccc2)ccc1N=Nc1ccc([N+](=O)[O-])cc1C#N. The molecule has 0 aliphatic rings. The Bertz CT molecular complexity index is 1190. The summed E-state index contributed by atoms with van der Waals surface area (Å²) in [6.07, 6.45) is 0. The van der Waals surface area contributed by atoms with Gasteiger partial charge in [-0.05, 0) is 29.8 Å². The van der Waals surface area contributed by atoms with Crippen molar-refractivity contribution in [3.8, 4) is 6.07 Å². The number of nitrogens with one attached hydrogen (secondary N) is 2. The van der Waals surface area contributed by atoms with E-state index >= 15 is 0 Å². The highest BCUT2D eigenvalue weighted by Crippen LogP contribution is 2.32. The van der Waals surface area contributed by atoms with E-state index in [2.05, 4.69) is 20.9 Å². The second-order valence-electron chi connectivity index (χ2n) is 6.52. The van der Waals surface area contributed by atoms with Gasteiger partial charge in [-0.1, -0.05) is 30.3 Å². The Morgan fingerprint density at radius 2 is 1.77 bits per heavy atom. The van der Waals surface area contributed by atoms with Gasteiger partial charge < -0.3 is 10.6 Å². The standard InChI is InChI=1S/C22H18N6O3/c1-15(29)25-22-12-18(24-14-16-5-3-2-4-6-16)7-9-21(22)27-26-20-10-8-19(28(30)31)11-17(20)13-23/h2-12,24H,14H2,1H3,(H,25,29). The van der Waals surface area contributed by atoms with E-state index in [9.17, 15) is 20.2 Å². The molecule has 0 bridgehead atoms. The van der Waals surface area contributed by atoms with Crippen LogP contribution >= 0.6 is 0 Å². The molecule has 0 spiro atoms. The Labute approximate surface area is 178 Å². The minimum absolute atomic E-state index is 0.0279. The lowest BCUT2D eigenvalue weighted by Gasteiger charge is -2.11. The number of carbonyl (C=O) groups is 1. The smallest absolute Gasteiger partial charge is 0.270 e. The van der Waals surface area contributed by atoms with Crippen molar-refractivity contribution in [1.82, 2.24) is 0 Å². The highest BCUT2D eigenvalue weighted by Gasteiger charge is 2.11. The molecule has 3 aromatic carbocycles. The fraction of sp³-hybridized carbons (Fsp3) is 0.0909. The maximum Gasteiger partial charge on any atom is 0.270 e. The molecule has 1 amide bonds. The summed E-state index contributed by atoms with van der Waals surface area (Å²) in [5.41, 5.74) is 2.71. The highest BCUT2D eigenvalue weighted by molar-refractivity contribution is 5.92. The van der Waals surface area contributed by atoms with E-state index in [1.54, 1.807) is 18.2 Å². The van der Waals surface area contributed by atoms with Crippen LogP contribution in [-0.2, 0) is 11.3 Å². The summed E-state index contributed by atoms with van der Waals surface area (Å²) in [6.45, 7) is 1.99. The number of rotatable bonds is 7. The van der Waals surface area contributed by atoms with Gasteiger partial charge in [-0.3, -0.25) is 14.9 Å². The van der Waals surface area contributed by atoms with Crippen molar-refractivity contribution in [2.24, 2.45) is 10.2 Å². The maximum atomic E-state index is 11.6. The van der Waals surface area contributed by atoms with E-state index < -0.39 is 4.92 Å². The van der Waals surface area contributed by atoms with Crippen molar-refractivity contribution >= 4 is 34.3 Å². The number of nitriles is 1. The molecule has 0 radical (unpaired) electrons. The van der Waals surface area contributed by atoms with Gasteiger partial charge in [-0.2, -0.15) is 5.26 Å². The number of carbonyl (C=O) groups excluding carboxylic acids is 1. The number of amides is 1. The third-order valence-corrected chi connectivity index (χ3v) is 4.22. The summed E-state index contributed by atoms with van der Waals surface area (Å²) < 4.78 is 0. The zero-order valence-electron chi connectivity index (χ0n) is 16.6. The van der Waals surface area contributed by atoms with E-state index in [1.807, 2.05) is 36.4 Å². The molecule has 0 saturated heterocycles. The number of azo groups is 1. The first-order valence-corrected chi connectivity index (χ1v) is 9.26. The third kappa shape index (κ3) is 5.71. The largest absolute Gasteiger partial charge is 0.381 e. The van der Waals surface area contributed by atoms with Crippen molar-refractivity contribution in [2.75, 3.05) is 10.6 Å². The van der Waals surface area contributed by atoms with Gasteiger partial charge in [0.15, 0.2) is 0 Å². The number of nitrogens with zero attached hydrogens (tertiary/aromatic N) is 4. The minimum Gasteiger partial charge on any atom is -0.381 e. The predicted molar refractivity (Wildman–Crippen MR) is 117 cm³/mol. The fourth-order valence-electron chi connectivity index (χ4n) is 2.75. The first-order valence-electron chi connectivity index (χ1n) is 9.26. The van der Waals surface area contributed by atoms with Crippen molar-refractivity contribution in [3.05, 3.63) is 88.0 Å². The number of hydrogen-bond donors (Lipinski definition) is 2. The lowest BCUT2D eigenvalue weighted by Crippen LogP contribution is -2.07. The van der Waals surface area contributed by atoms with Crippen LogP contribution in [-0.4, -0.2) is 10.8 Å². The van der Waals surface area contributed by atoms with Gasteiger partial charge in [0, 0.05) is 31.3 Å². The lowest BCUT2D eigenvalue weighted by atomic mass is 10.2.